The molecule has 1 aliphatic heterocycles. The standard InChI is InChI=1S/C13H10F3NO4/c14-13(15,16)12(19)17-8-5-9(18)7-4-11-10(3-6(7)8)20-1-2-21-11/h3-4,8H,1-2,5H2,(H,17,19). The summed E-state index contributed by atoms with van der Waals surface area (Å²) in [5.74, 6) is -1.66. The fourth-order valence-corrected chi connectivity index (χ4v) is 2.41. The first-order valence-corrected chi connectivity index (χ1v) is 6.20. The first-order valence-electron chi connectivity index (χ1n) is 6.20. The molecule has 1 amide bonds. The van der Waals surface area contributed by atoms with Gasteiger partial charge in [-0.15, -0.1) is 0 Å². The van der Waals surface area contributed by atoms with E-state index in [0.29, 0.717) is 30.3 Å². The molecule has 1 unspecified atom stereocenters. The number of ether oxygens (including phenoxy) is 2. The van der Waals surface area contributed by atoms with Gasteiger partial charge in [-0.05, 0) is 17.7 Å². The number of Topliss-reactive ketones (excluding diaryl/α,β-unsaturated/α-hetero) is 1. The third-order valence-electron chi connectivity index (χ3n) is 3.34. The number of carbonyl (C=O) groups is 2. The molecule has 1 heterocycles. The number of alkyl halides is 3. The SMILES string of the molecule is O=C1CC(NC(=O)C(F)(F)F)c2cc3c(cc21)OCCO3. The third kappa shape index (κ3) is 2.41. The lowest BCUT2D eigenvalue weighted by molar-refractivity contribution is -0.174. The van der Waals surface area contributed by atoms with Gasteiger partial charge >= 0.3 is 12.1 Å². The first kappa shape index (κ1) is 13.7. The summed E-state index contributed by atoms with van der Waals surface area (Å²) < 4.78 is 47.6. The minimum Gasteiger partial charge on any atom is -0.486 e. The van der Waals surface area contributed by atoms with Crippen LogP contribution in [0, 0.1) is 0 Å². The average molecular weight is 301 g/mol. The summed E-state index contributed by atoms with van der Waals surface area (Å²) in [5.41, 5.74) is 0.577. The van der Waals surface area contributed by atoms with Crippen LogP contribution in [0.1, 0.15) is 28.4 Å². The second-order valence-corrected chi connectivity index (χ2v) is 4.73. The largest absolute Gasteiger partial charge is 0.486 e. The fourth-order valence-electron chi connectivity index (χ4n) is 2.41. The van der Waals surface area contributed by atoms with Crippen LogP contribution >= 0.6 is 0 Å². The highest BCUT2D eigenvalue weighted by molar-refractivity contribution is 6.02. The number of halogens is 3. The fraction of sp³-hybridized carbons (Fsp3) is 0.385. The molecule has 0 saturated carbocycles. The highest BCUT2D eigenvalue weighted by Crippen LogP contribution is 2.40. The Bertz CT molecular complexity index is 627. The van der Waals surface area contributed by atoms with E-state index in [2.05, 4.69) is 0 Å². The Balaban J connectivity index is 1.92. The van der Waals surface area contributed by atoms with Crippen LogP contribution in [-0.4, -0.2) is 31.1 Å². The van der Waals surface area contributed by atoms with Gasteiger partial charge in [0.1, 0.15) is 13.2 Å². The second kappa shape index (κ2) is 4.64. The molecule has 112 valence electrons. The van der Waals surface area contributed by atoms with Crippen LogP contribution in [0.2, 0.25) is 0 Å². The Hall–Kier alpha value is -2.25. The predicted octanol–water partition coefficient (Wildman–Crippen LogP) is 1.76. The summed E-state index contributed by atoms with van der Waals surface area (Å²) in [6.45, 7) is 0.660. The topological polar surface area (TPSA) is 64.6 Å². The number of hydrogen-bond donors (Lipinski definition) is 1. The van der Waals surface area contributed by atoms with E-state index in [-0.39, 0.29) is 17.8 Å². The van der Waals surface area contributed by atoms with Gasteiger partial charge in [0, 0.05) is 12.0 Å². The van der Waals surface area contributed by atoms with E-state index >= 15 is 0 Å². The van der Waals surface area contributed by atoms with Crippen molar-refractivity contribution in [1.29, 1.82) is 0 Å². The van der Waals surface area contributed by atoms with Crippen molar-refractivity contribution in [2.75, 3.05) is 13.2 Å². The zero-order valence-electron chi connectivity index (χ0n) is 10.6. The summed E-state index contributed by atoms with van der Waals surface area (Å²) in [6.07, 6.45) is -5.19. The van der Waals surface area contributed by atoms with Crippen molar-refractivity contribution in [3.63, 3.8) is 0 Å². The minimum atomic E-state index is -4.99. The Morgan fingerprint density at radius 3 is 2.43 bits per heavy atom. The zero-order valence-corrected chi connectivity index (χ0v) is 10.6. The van der Waals surface area contributed by atoms with Gasteiger partial charge in [0.05, 0.1) is 6.04 Å². The molecule has 1 aromatic carbocycles. The third-order valence-corrected chi connectivity index (χ3v) is 3.34. The van der Waals surface area contributed by atoms with Crippen molar-refractivity contribution in [1.82, 2.24) is 5.32 Å². The number of ketones is 1. The Morgan fingerprint density at radius 1 is 1.19 bits per heavy atom. The van der Waals surface area contributed by atoms with E-state index in [1.165, 1.54) is 12.1 Å². The van der Waals surface area contributed by atoms with Gasteiger partial charge < -0.3 is 14.8 Å². The van der Waals surface area contributed by atoms with Gasteiger partial charge in [0.15, 0.2) is 17.3 Å². The van der Waals surface area contributed by atoms with Crippen LogP contribution in [0.3, 0.4) is 0 Å². The van der Waals surface area contributed by atoms with Crippen LogP contribution in [0.5, 0.6) is 11.5 Å². The number of nitrogens with one attached hydrogen (secondary N) is 1. The molecule has 0 bridgehead atoms. The highest BCUT2D eigenvalue weighted by atomic mass is 19.4. The maximum Gasteiger partial charge on any atom is 0.471 e. The van der Waals surface area contributed by atoms with Crippen molar-refractivity contribution in [3.8, 4) is 11.5 Å². The monoisotopic (exact) mass is 301 g/mol. The van der Waals surface area contributed by atoms with Gasteiger partial charge in [-0.3, -0.25) is 9.59 Å². The van der Waals surface area contributed by atoms with E-state index in [1.54, 1.807) is 0 Å². The average Bonchev–Trinajstić information content (AvgIpc) is 2.72. The molecular formula is C13H10F3NO4. The van der Waals surface area contributed by atoms with E-state index in [4.69, 9.17) is 9.47 Å². The van der Waals surface area contributed by atoms with Crippen LogP contribution in [0.25, 0.3) is 0 Å². The molecule has 2 aliphatic rings. The summed E-state index contributed by atoms with van der Waals surface area (Å²) in [5, 5.41) is 1.83. The molecule has 1 aliphatic carbocycles. The molecule has 1 aromatic rings. The summed E-state index contributed by atoms with van der Waals surface area (Å²) in [4.78, 5) is 22.9. The lowest BCUT2D eigenvalue weighted by Crippen LogP contribution is -2.38. The minimum absolute atomic E-state index is 0.208. The lowest BCUT2D eigenvalue weighted by atomic mass is 10.1. The van der Waals surface area contributed by atoms with Gasteiger partial charge in [-0.25, -0.2) is 0 Å². The maximum absolute atomic E-state index is 12.3. The Kier molecular flexibility index (Phi) is 3.03. The molecule has 0 radical (unpaired) electrons. The molecule has 1 atom stereocenters. The summed E-state index contributed by atoms with van der Waals surface area (Å²) >= 11 is 0. The van der Waals surface area contributed by atoms with E-state index in [9.17, 15) is 22.8 Å². The summed E-state index contributed by atoms with van der Waals surface area (Å²) in [7, 11) is 0. The summed E-state index contributed by atoms with van der Waals surface area (Å²) in [6, 6.07) is 1.90. The molecule has 0 aromatic heterocycles. The number of carbonyl (C=O) groups excluding carboxylic acids is 2. The first-order chi connectivity index (χ1) is 9.86. The zero-order chi connectivity index (χ0) is 15.2. The van der Waals surface area contributed by atoms with Crippen molar-refractivity contribution >= 4 is 11.7 Å². The molecule has 5 nitrogen and oxygen atoms in total. The van der Waals surface area contributed by atoms with Crippen LogP contribution in [-0.2, 0) is 4.79 Å². The molecule has 3 rings (SSSR count). The molecular weight excluding hydrogens is 291 g/mol. The van der Waals surface area contributed by atoms with Crippen molar-refractivity contribution in [2.24, 2.45) is 0 Å². The smallest absolute Gasteiger partial charge is 0.471 e. The van der Waals surface area contributed by atoms with E-state index in [1.807, 2.05) is 5.32 Å². The van der Waals surface area contributed by atoms with Gasteiger partial charge in [-0.2, -0.15) is 13.2 Å². The molecule has 8 heteroatoms. The number of rotatable bonds is 1. The highest BCUT2D eigenvalue weighted by Gasteiger charge is 2.42. The van der Waals surface area contributed by atoms with Gasteiger partial charge in [0.2, 0.25) is 0 Å². The quantitative estimate of drug-likeness (QED) is 0.858. The van der Waals surface area contributed by atoms with Crippen LogP contribution < -0.4 is 14.8 Å². The van der Waals surface area contributed by atoms with E-state index in [0.717, 1.165) is 0 Å². The normalized spacial score (nSPS) is 20.1. The van der Waals surface area contributed by atoms with Crippen molar-refractivity contribution in [2.45, 2.75) is 18.6 Å². The van der Waals surface area contributed by atoms with Crippen molar-refractivity contribution in [3.05, 3.63) is 23.3 Å². The molecule has 1 N–H and O–H groups in total. The Morgan fingerprint density at radius 2 is 1.81 bits per heavy atom. The number of amides is 1. The van der Waals surface area contributed by atoms with Gasteiger partial charge in [0.25, 0.3) is 0 Å². The molecule has 0 spiro atoms. The second-order valence-electron chi connectivity index (χ2n) is 4.73. The van der Waals surface area contributed by atoms with Gasteiger partial charge in [-0.1, -0.05) is 0 Å². The molecule has 0 fully saturated rings. The van der Waals surface area contributed by atoms with Crippen molar-refractivity contribution < 1.29 is 32.2 Å². The molecule has 21 heavy (non-hydrogen) atoms. The number of hydrogen-bond acceptors (Lipinski definition) is 4. The van der Waals surface area contributed by atoms with Crippen LogP contribution in [0.15, 0.2) is 12.1 Å². The maximum atomic E-state index is 12.3. The molecule has 0 saturated heterocycles. The Labute approximate surface area is 117 Å². The van der Waals surface area contributed by atoms with Crippen LogP contribution in [0.4, 0.5) is 13.2 Å². The lowest BCUT2D eigenvalue weighted by Gasteiger charge is -2.20. The number of fused-ring (bicyclic) bond motifs is 2. The predicted molar refractivity (Wildman–Crippen MR) is 63.3 cm³/mol. The number of benzene rings is 1. The van der Waals surface area contributed by atoms with E-state index < -0.39 is 18.1 Å².